The number of azide groups is 1. The first-order valence-electron chi connectivity index (χ1n) is 6.22. The topological polar surface area (TPSA) is 87.5 Å². The Labute approximate surface area is 116 Å². The zero-order valence-corrected chi connectivity index (χ0v) is 11.4. The van der Waals surface area contributed by atoms with E-state index in [4.69, 9.17) is 15.0 Å². The number of rotatable bonds is 5. The molecule has 1 atom stereocenters. The van der Waals surface area contributed by atoms with Crippen molar-refractivity contribution in [2.45, 2.75) is 6.42 Å². The SMILES string of the molecule is COc1ccc(N2CC(CN=[N+]=[N-])CC2=O)cc1OC. The fourth-order valence-electron chi connectivity index (χ4n) is 2.30. The number of anilines is 1. The predicted molar refractivity (Wildman–Crippen MR) is 74.0 cm³/mol. The van der Waals surface area contributed by atoms with Gasteiger partial charge < -0.3 is 14.4 Å². The quantitative estimate of drug-likeness (QED) is 0.470. The van der Waals surface area contributed by atoms with E-state index >= 15 is 0 Å². The van der Waals surface area contributed by atoms with E-state index in [-0.39, 0.29) is 11.8 Å². The highest BCUT2D eigenvalue weighted by Crippen LogP contribution is 2.34. The minimum Gasteiger partial charge on any atom is -0.493 e. The van der Waals surface area contributed by atoms with Crippen LogP contribution in [0.2, 0.25) is 0 Å². The van der Waals surface area contributed by atoms with E-state index in [1.807, 2.05) is 6.07 Å². The molecule has 7 heteroatoms. The maximum atomic E-state index is 12.0. The van der Waals surface area contributed by atoms with Crippen LogP contribution in [0.4, 0.5) is 5.69 Å². The Hall–Kier alpha value is -2.40. The second kappa shape index (κ2) is 6.16. The average molecular weight is 276 g/mol. The Morgan fingerprint density at radius 3 is 2.80 bits per heavy atom. The van der Waals surface area contributed by atoms with Crippen molar-refractivity contribution < 1.29 is 14.3 Å². The normalized spacial score (nSPS) is 17.8. The Morgan fingerprint density at radius 2 is 2.15 bits per heavy atom. The van der Waals surface area contributed by atoms with E-state index < -0.39 is 0 Å². The van der Waals surface area contributed by atoms with Crippen LogP contribution < -0.4 is 14.4 Å². The number of carbonyl (C=O) groups excluding carboxylic acids is 1. The lowest BCUT2D eigenvalue weighted by Crippen LogP contribution is -2.24. The van der Waals surface area contributed by atoms with E-state index in [2.05, 4.69) is 10.0 Å². The Morgan fingerprint density at radius 1 is 1.40 bits per heavy atom. The summed E-state index contributed by atoms with van der Waals surface area (Å²) in [7, 11) is 3.12. The number of nitrogens with zero attached hydrogens (tertiary/aromatic N) is 4. The lowest BCUT2D eigenvalue weighted by atomic mass is 10.1. The zero-order chi connectivity index (χ0) is 14.5. The summed E-state index contributed by atoms with van der Waals surface area (Å²) in [4.78, 5) is 16.4. The van der Waals surface area contributed by atoms with Crippen LogP contribution in [0.5, 0.6) is 11.5 Å². The third kappa shape index (κ3) is 2.78. The molecule has 0 aromatic heterocycles. The minimum atomic E-state index is 0.0235. The van der Waals surface area contributed by atoms with Gasteiger partial charge in [-0.15, -0.1) is 0 Å². The van der Waals surface area contributed by atoms with Crippen molar-refractivity contribution in [2.75, 3.05) is 32.2 Å². The minimum absolute atomic E-state index is 0.0235. The molecule has 20 heavy (non-hydrogen) atoms. The maximum Gasteiger partial charge on any atom is 0.227 e. The van der Waals surface area contributed by atoms with Gasteiger partial charge in [-0.2, -0.15) is 0 Å². The first-order chi connectivity index (χ1) is 9.69. The van der Waals surface area contributed by atoms with Crippen molar-refractivity contribution in [2.24, 2.45) is 11.0 Å². The van der Waals surface area contributed by atoms with E-state index in [1.54, 1.807) is 31.3 Å². The summed E-state index contributed by atoms with van der Waals surface area (Å²) in [6.45, 7) is 0.888. The van der Waals surface area contributed by atoms with Crippen molar-refractivity contribution in [3.8, 4) is 11.5 Å². The smallest absolute Gasteiger partial charge is 0.227 e. The van der Waals surface area contributed by atoms with Gasteiger partial charge in [-0.3, -0.25) is 4.79 Å². The third-order valence-electron chi connectivity index (χ3n) is 3.29. The fourth-order valence-corrected chi connectivity index (χ4v) is 2.30. The number of hydrogen-bond donors (Lipinski definition) is 0. The Balaban J connectivity index is 2.19. The first kappa shape index (κ1) is 14.0. The molecule has 0 spiro atoms. The van der Waals surface area contributed by atoms with Crippen molar-refractivity contribution in [1.82, 2.24) is 0 Å². The molecule has 0 aliphatic carbocycles. The number of carbonyl (C=O) groups is 1. The molecule has 0 radical (unpaired) electrons. The van der Waals surface area contributed by atoms with Crippen LogP contribution >= 0.6 is 0 Å². The molecule has 1 saturated heterocycles. The molecule has 1 aliphatic heterocycles. The highest BCUT2D eigenvalue weighted by atomic mass is 16.5. The van der Waals surface area contributed by atoms with E-state index in [0.29, 0.717) is 31.0 Å². The van der Waals surface area contributed by atoms with E-state index in [0.717, 1.165) is 5.69 Å². The summed E-state index contributed by atoms with van der Waals surface area (Å²) in [5, 5.41) is 3.53. The maximum absolute atomic E-state index is 12.0. The molecule has 0 N–H and O–H groups in total. The van der Waals surface area contributed by atoms with Gasteiger partial charge in [0.25, 0.3) is 0 Å². The van der Waals surface area contributed by atoms with Crippen molar-refractivity contribution in [3.63, 3.8) is 0 Å². The largest absolute Gasteiger partial charge is 0.493 e. The van der Waals surface area contributed by atoms with Gasteiger partial charge in [-0.25, -0.2) is 0 Å². The molecule has 0 bridgehead atoms. The monoisotopic (exact) mass is 276 g/mol. The van der Waals surface area contributed by atoms with Gasteiger partial charge in [0.1, 0.15) is 0 Å². The number of ether oxygens (including phenoxy) is 2. The number of methoxy groups -OCH3 is 2. The summed E-state index contributed by atoms with van der Waals surface area (Å²) in [5.41, 5.74) is 9.09. The van der Waals surface area contributed by atoms with Gasteiger partial charge in [-0.1, -0.05) is 5.11 Å². The molecule has 1 aliphatic rings. The van der Waals surface area contributed by atoms with Crippen molar-refractivity contribution >= 4 is 11.6 Å². The number of amides is 1. The first-order valence-corrected chi connectivity index (χ1v) is 6.22. The van der Waals surface area contributed by atoms with Gasteiger partial charge in [0.15, 0.2) is 11.5 Å². The Kier molecular flexibility index (Phi) is 4.32. The van der Waals surface area contributed by atoms with Crippen LogP contribution in [0.1, 0.15) is 6.42 Å². The highest BCUT2D eigenvalue weighted by Gasteiger charge is 2.30. The summed E-state index contributed by atoms with van der Waals surface area (Å²) in [6.07, 6.45) is 0.396. The summed E-state index contributed by atoms with van der Waals surface area (Å²) >= 11 is 0. The average Bonchev–Trinajstić information content (AvgIpc) is 2.85. The fraction of sp³-hybridized carbons (Fsp3) is 0.462. The molecule has 1 heterocycles. The number of hydrogen-bond acceptors (Lipinski definition) is 4. The molecule has 7 nitrogen and oxygen atoms in total. The lowest BCUT2D eigenvalue weighted by Gasteiger charge is -2.18. The van der Waals surface area contributed by atoms with E-state index in [1.165, 1.54) is 0 Å². The molecule has 1 aromatic rings. The zero-order valence-electron chi connectivity index (χ0n) is 11.4. The lowest BCUT2D eigenvalue weighted by molar-refractivity contribution is -0.117. The van der Waals surface area contributed by atoms with Crippen LogP contribution in [-0.2, 0) is 4.79 Å². The van der Waals surface area contributed by atoms with Gasteiger partial charge in [-0.05, 0) is 23.6 Å². The Bertz CT molecular complexity index is 555. The molecule has 106 valence electrons. The van der Waals surface area contributed by atoms with Crippen LogP contribution in [0.25, 0.3) is 10.4 Å². The molecular formula is C13H16N4O3. The van der Waals surface area contributed by atoms with Gasteiger partial charge in [0, 0.05) is 36.2 Å². The molecule has 1 unspecified atom stereocenters. The number of benzene rings is 1. The van der Waals surface area contributed by atoms with Gasteiger partial charge in [0.2, 0.25) is 5.91 Å². The molecule has 2 rings (SSSR count). The summed E-state index contributed by atoms with van der Waals surface area (Å²) < 4.78 is 10.4. The molecular weight excluding hydrogens is 260 g/mol. The molecule has 1 amide bonds. The highest BCUT2D eigenvalue weighted by molar-refractivity contribution is 5.96. The second-order valence-electron chi connectivity index (χ2n) is 4.53. The van der Waals surface area contributed by atoms with Gasteiger partial charge >= 0.3 is 0 Å². The van der Waals surface area contributed by atoms with Crippen molar-refractivity contribution in [3.05, 3.63) is 28.6 Å². The molecule has 1 fully saturated rings. The predicted octanol–water partition coefficient (Wildman–Crippen LogP) is 2.37. The molecule has 0 saturated carbocycles. The standard InChI is InChI=1S/C13H16N4O3/c1-19-11-4-3-10(6-12(11)20-2)17-8-9(5-13(17)18)7-15-16-14/h3-4,6,9H,5,7-8H2,1-2H3. The van der Waals surface area contributed by atoms with Crippen LogP contribution in [0.15, 0.2) is 23.3 Å². The van der Waals surface area contributed by atoms with Crippen molar-refractivity contribution in [1.29, 1.82) is 0 Å². The van der Waals surface area contributed by atoms with Crippen LogP contribution in [0.3, 0.4) is 0 Å². The van der Waals surface area contributed by atoms with Crippen LogP contribution in [-0.4, -0.2) is 33.2 Å². The van der Waals surface area contributed by atoms with Crippen LogP contribution in [0, 0.1) is 5.92 Å². The molecule has 1 aromatic carbocycles. The summed E-state index contributed by atoms with van der Waals surface area (Å²) in [6, 6.07) is 5.35. The third-order valence-corrected chi connectivity index (χ3v) is 3.29. The second-order valence-corrected chi connectivity index (χ2v) is 4.53. The van der Waals surface area contributed by atoms with E-state index in [9.17, 15) is 4.79 Å². The summed E-state index contributed by atoms with van der Waals surface area (Å²) in [5.74, 6) is 1.28. The van der Waals surface area contributed by atoms with Gasteiger partial charge in [0.05, 0.1) is 14.2 Å².